The average molecular weight is 542 g/mol. The fraction of sp³-hybridized carbons (Fsp3) is 0.440. The van der Waals surface area contributed by atoms with E-state index in [1.54, 1.807) is 18.2 Å². The summed E-state index contributed by atoms with van der Waals surface area (Å²) in [7, 11) is 0. The fourth-order valence-corrected chi connectivity index (χ4v) is 4.42. The van der Waals surface area contributed by atoms with Crippen LogP contribution < -0.4 is 0 Å². The van der Waals surface area contributed by atoms with E-state index in [4.69, 9.17) is 22.5 Å². The average Bonchev–Trinajstić information content (AvgIpc) is 3.59. The molecular formula is C25H27F4N3O4S. The molecule has 37 heavy (non-hydrogen) atoms. The van der Waals surface area contributed by atoms with Crippen LogP contribution in [0.1, 0.15) is 54.0 Å². The molecule has 12 heteroatoms. The van der Waals surface area contributed by atoms with Crippen LogP contribution in [-0.4, -0.2) is 62.0 Å². The van der Waals surface area contributed by atoms with E-state index in [1.807, 2.05) is 19.1 Å². The SMILES string of the molecule is CC(=O)n1nc(/C=C2\CN(C(C(=O)C3CC3)c3ccccc3F)CCC2S)cc1C.O=C(O)C(F)(F)F. The topological polar surface area (TPSA) is 92.5 Å². The van der Waals surface area contributed by atoms with Gasteiger partial charge in [-0.3, -0.25) is 14.5 Å². The van der Waals surface area contributed by atoms with Crippen LogP contribution in [-0.2, 0) is 9.59 Å². The van der Waals surface area contributed by atoms with Crippen molar-refractivity contribution < 1.29 is 37.1 Å². The number of aliphatic carboxylic acids is 1. The number of piperidine rings is 1. The molecule has 0 bridgehead atoms. The summed E-state index contributed by atoms with van der Waals surface area (Å²) in [5.74, 6) is -3.10. The van der Waals surface area contributed by atoms with Gasteiger partial charge in [-0.15, -0.1) is 0 Å². The lowest BCUT2D eigenvalue weighted by Gasteiger charge is -2.37. The van der Waals surface area contributed by atoms with Gasteiger partial charge in [-0.25, -0.2) is 13.9 Å². The Morgan fingerprint density at radius 2 is 1.81 bits per heavy atom. The number of halogens is 4. The molecule has 1 aromatic heterocycles. The number of nitrogens with zero attached hydrogens (tertiary/aromatic N) is 3. The molecule has 1 saturated heterocycles. The number of Topliss-reactive ketones (excluding diaryl/α,β-unsaturated/α-hetero) is 1. The van der Waals surface area contributed by atoms with E-state index in [9.17, 15) is 27.2 Å². The van der Waals surface area contributed by atoms with Crippen LogP contribution in [0.4, 0.5) is 17.6 Å². The van der Waals surface area contributed by atoms with Crippen molar-refractivity contribution in [3.63, 3.8) is 0 Å². The van der Waals surface area contributed by atoms with Gasteiger partial charge < -0.3 is 5.11 Å². The first kappa shape index (κ1) is 28.6. The van der Waals surface area contributed by atoms with Crippen molar-refractivity contribution in [2.45, 2.75) is 50.6 Å². The molecule has 2 unspecified atom stereocenters. The van der Waals surface area contributed by atoms with E-state index in [1.165, 1.54) is 17.7 Å². The standard InChI is InChI=1S/C23H26FN3O2S.C2HF3O2/c1-14-11-18(25-27(14)15(2)28)12-17-13-26(10-9-21(17)30)22(23(29)16-7-8-16)19-5-3-4-6-20(19)24;3-2(4,5)1(6)7/h3-6,11-12,16,21-22,30H,7-10,13H2,1-2H3;(H,6,7)/b17-12+;. The van der Waals surface area contributed by atoms with Gasteiger partial charge in [0.25, 0.3) is 0 Å². The highest BCUT2D eigenvalue weighted by Gasteiger charge is 2.41. The van der Waals surface area contributed by atoms with Crippen LogP contribution >= 0.6 is 12.6 Å². The van der Waals surface area contributed by atoms with Crippen LogP contribution in [0.15, 0.2) is 35.9 Å². The Balaban J connectivity index is 0.000000479. The van der Waals surface area contributed by atoms with Gasteiger partial charge in [-0.1, -0.05) is 18.2 Å². The third-order valence-corrected chi connectivity index (χ3v) is 6.69. The molecule has 0 amide bonds. The minimum Gasteiger partial charge on any atom is -0.475 e. The number of alkyl halides is 3. The van der Waals surface area contributed by atoms with E-state index in [-0.39, 0.29) is 28.7 Å². The van der Waals surface area contributed by atoms with Crippen molar-refractivity contribution >= 4 is 36.4 Å². The van der Waals surface area contributed by atoms with E-state index >= 15 is 0 Å². The van der Waals surface area contributed by atoms with Crippen molar-refractivity contribution in [2.75, 3.05) is 13.1 Å². The highest BCUT2D eigenvalue weighted by molar-refractivity contribution is 7.81. The van der Waals surface area contributed by atoms with E-state index in [0.717, 1.165) is 30.5 Å². The fourth-order valence-electron chi connectivity index (χ4n) is 4.15. The lowest BCUT2D eigenvalue weighted by molar-refractivity contribution is -0.192. The van der Waals surface area contributed by atoms with Crippen molar-refractivity contribution in [2.24, 2.45) is 5.92 Å². The molecule has 2 aliphatic rings. The third-order valence-electron chi connectivity index (χ3n) is 6.10. The molecule has 1 aliphatic heterocycles. The van der Waals surface area contributed by atoms with Crippen molar-refractivity contribution in [3.05, 3.63) is 58.7 Å². The van der Waals surface area contributed by atoms with Gasteiger partial charge in [0.15, 0.2) is 5.78 Å². The Morgan fingerprint density at radius 3 is 2.32 bits per heavy atom. The number of aromatic nitrogens is 2. The second-order valence-electron chi connectivity index (χ2n) is 9.04. The smallest absolute Gasteiger partial charge is 0.475 e. The number of carbonyl (C=O) groups is 3. The van der Waals surface area contributed by atoms with Gasteiger partial charge in [0.1, 0.15) is 5.82 Å². The molecule has 2 fully saturated rings. The predicted octanol–water partition coefficient (Wildman–Crippen LogP) is 4.73. The molecule has 0 spiro atoms. The number of ketones is 1. The van der Waals surface area contributed by atoms with Crippen LogP contribution in [0.2, 0.25) is 0 Å². The summed E-state index contributed by atoms with van der Waals surface area (Å²) in [5, 5.41) is 11.5. The molecule has 7 nitrogen and oxygen atoms in total. The van der Waals surface area contributed by atoms with Gasteiger partial charge in [0.05, 0.1) is 11.7 Å². The molecule has 200 valence electrons. The number of rotatable bonds is 5. The Hall–Kier alpha value is -2.99. The molecule has 1 saturated carbocycles. The summed E-state index contributed by atoms with van der Waals surface area (Å²) in [4.78, 5) is 35.8. The zero-order valence-corrected chi connectivity index (χ0v) is 21.1. The van der Waals surface area contributed by atoms with Crippen LogP contribution in [0.5, 0.6) is 0 Å². The molecule has 1 aliphatic carbocycles. The Morgan fingerprint density at radius 1 is 1.19 bits per heavy atom. The number of carboxylic acid groups (broad SMARTS) is 1. The maximum absolute atomic E-state index is 14.6. The first-order chi connectivity index (χ1) is 17.3. The summed E-state index contributed by atoms with van der Waals surface area (Å²) in [5.41, 5.74) is 2.92. The largest absolute Gasteiger partial charge is 0.490 e. The number of carboxylic acids is 1. The van der Waals surface area contributed by atoms with Crippen LogP contribution in [0.3, 0.4) is 0 Å². The number of hydrogen-bond acceptors (Lipinski definition) is 6. The lowest BCUT2D eigenvalue weighted by atomic mass is 9.93. The number of likely N-dealkylation sites (tertiary alicyclic amines) is 1. The van der Waals surface area contributed by atoms with Gasteiger partial charge >= 0.3 is 12.1 Å². The van der Waals surface area contributed by atoms with Crippen molar-refractivity contribution in [1.82, 2.24) is 14.7 Å². The molecular weight excluding hydrogens is 514 g/mol. The summed E-state index contributed by atoms with van der Waals surface area (Å²) in [6.07, 6.45) is -0.616. The molecule has 4 rings (SSSR count). The van der Waals surface area contributed by atoms with Gasteiger partial charge in [-0.2, -0.15) is 30.9 Å². The highest BCUT2D eigenvalue weighted by atomic mass is 32.1. The lowest BCUT2D eigenvalue weighted by Crippen LogP contribution is -2.42. The predicted molar refractivity (Wildman–Crippen MR) is 131 cm³/mol. The number of aryl methyl sites for hydroxylation is 1. The summed E-state index contributed by atoms with van der Waals surface area (Å²) in [6, 6.07) is 7.84. The summed E-state index contributed by atoms with van der Waals surface area (Å²) < 4.78 is 47.7. The van der Waals surface area contributed by atoms with Gasteiger partial charge in [0.2, 0.25) is 5.91 Å². The number of carbonyl (C=O) groups excluding carboxylic acids is 2. The quantitative estimate of drug-likeness (QED) is 0.420. The molecule has 1 N–H and O–H groups in total. The van der Waals surface area contributed by atoms with Crippen LogP contribution in [0.25, 0.3) is 6.08 Å². The molecule has 2 aromatic rings. The highest BCUT2D eigenvalue weighted by Crippen LogP contribution is 2.39. The maximum atomic E-state index is 14.6. The van der Waals surface area contributed by atoms with Crippen molar-refractivity contribution in [3.8, 4) is 0 Å². The Labute approximate surface area is 216 Å². The normalized spacial score (nSPS) is 20.2. The molecule has 2 heterocycles. The minimum atomic E-state index is -5.08. The zero-order chi connectivity index (χ0) is 27.5. The summed E-state index contributed by atoms with van der Waals surface area (Å²) in [6.45, 7) is 4.49. The maximum Gasteiger partial charge on any atom is 0.490 e. The second-order valence-corrected chi connectivity index (χ2v) is 9.66. The number of hydrogen-bond donors (Lipinski definition) is 2. The van der Waals surface area contributed by atoms with Gasteiger partial charge in [-0.05, 0) is 50.0 Å². The first-order valence-corrected chi connectivity index (χ1v) is 12.1. The van der Waals surface area contributed by atoms with Gasteiger partial charge in [0, 0.05) is 42.4 Å². The number of benzene rings is 1. The van der Waals surface area contributed by atoms with Crippen molar-refractivity contribution in [1.29, 1.82) is 0 Å². The molecule has 0 radical (unpaired) electrons. The van der Waals surface area contributed by atoms with E-state index in [0.29, 0.717) is 24.3 Å². The van der Waals surface area contributed by atoms with Crippen LogP contribution in [0, 0.1) is 18.7 Å². The second kappa shape index (κ2) is 11.6. The van der Waals surface area contributed by atoms with E-state index < -0.39 is 18.2 Å². The zero-order valence-electron chi connectivity index (χ0n) is 20.2. The Bertz CT molecular complexity index is 1210. The molecule has 2 atom stereocenters. The number of thiol groups is 1. The minimum absolute atomic E-state index is 0.0290. The molecule has 1 aromatic carbocycles. The first-order valence-electron chi connectivity index (χ1n) is 11.6. The summed E-state index contributed by atoms with van der Waals surface area (Å²) >= 11 is 4.73. The van der Waals surface area contributed by atoms with E-state index in [2.05, 4.69) is 10.00 Å². The Kier molecular flexibility index (Phi) is 8.96. The third kappa shape index (κ3) is 7.29. The monoisotopic (exact) mass is 541 g/mol.